The van der Waals surface area contributed by atoms with Crippen molar-refractivity contribution in [1.29, 1.82) is 0 Å². The average molecular weight is 608 g/mol. The molecule has 1 fully saturated rings. The number of likely N-dealkylation sites (N-methyl/N-ethyl adjacent to an activating group) is 1. The van der Waals surface area contributed by atoms with Crippen molar-refractivity contribution < 1.29 is 31.0 Å². The van der Waals surface area contributed by atoms with Crippen LogP contribution in [0.1, 0.15) is 75.3 Å². The number of rotatable bonds is 5. The van der Waals surface area contributed by atoms with Crippen LogP contribution in [0.25, 0.3) is 0 Å². The van der Waals surface area contributed by atoms with Crippen LogP contribution < -0.4 is 27.0 Å². The molecule has 1 amide bonds. The maximum Gasteiger partial charge on any atom is 0.232 e. The highest BCUT2D eigenvalue weighted by atomic mass is 79.9. The second-order valence-corrected chi connectivity index (χ2v) is 11.6. The fraction of sp³-hybridized carbons (Fsp3) is 0.500. The van der Waals surface area contributed by atoms with Crippen molar-refractivity contribution in [3.8, 4) is 11.5 Å². The maximum absolute atomic E-state index is 13.8. The number of amides is 1. The van der Waals surface area contributed by atoms with E-state index in [1.807, 2.05) is 24.3 Å². The lowest BCUT2D eigenvalue weighted by Crippen LogP contribution is -3.00. The zero-order valence-electron chi connectivity index (χ0n) is 21.6. The van der Waals surface area contributed by atoms with E-state index in [4.69, 9.17) is 27.9 Å². The van der Waals surface area contributed by atoms with E-state index in [0.29, 0.717) is 21.5 Å². The third-order valence-electron chi connectivity index (χ3n) is 8.39. The Kier molecular flexibility index (Phi) is 9.66. The fourth-order valence-corrected chi connectivity index (χ4v) is 6.57. The largest absolute Gasteiger partial charge is 1.00 e. The molecular formula is C30H37BrCl2N2O2. The summed E-state index contributed by atoms with van der Waals surface area (Å²) in [6.07, 6.45) is 12.4. The molecule has 0 unspecified atom stereocenters. The van der Waals surface area contributed by atoms with Crippen molar-refractivity contribution >= 4 is 29.1 Å². The van der Waals surface area contributed by atoms with Gasteiger partial charge in [0.2, 0.25) is 5.91 Å². The van der Waals surface area contributed by atoms with Crippen molar-refractivity contribution in [2.75, 3.05) is 26.2 Å². The smallest absolute Gasteiger partial charge is 0.232 e. The Morgan fingerprint density at radius 3 is 2.22 bits per heavy atom. The highest BCUT2D eigenvalue weighted by Crippen LogP contribution is 2.46. The van der Waals surface area contributed by atoms with Crippen LogP contribution in [0.15, 0.2) is 48.0 Å². The molecule has 2 aromatic carbocycles. The normalized spacial score (nSPS) is 23.8. The zero-order chi connectivity index (χ0) is 25.1. The summed E-state index contributed by atoms with van der Waals surface area (Å²) in [6.45, 7) is 6.87. The van der Waals surface area contributed by atoms with Gasteiger partial charge in [0.1, 0.15) is 18.0 Å². The molecule has 200 valence electrons. The number of nitrogens with zero attached hydrogens (tertiary/aromatic N) is 1. The minimum atomic E-state index is -0.492. The molecule has 1 saturated heterocycles. The Balaban J connectivity index is 0.00000320. The van der Waals surface area contributed by atoms with Crippen LogP contribution in [0.3, 0.4) is 0 Å². The minimum Gasteiger partial charge on any atom is -1.00 e. The molecule has 2 heterocycles. The topological polar surface area (TPSA) is 38.3 Å². The molecule has 2 aromatic rings. The van der Waals surface area contributed by atoms with Gasteiger partial charge in [0, 0.05) is 40.1 Å². The van der Waals surface area contributed by atoms with Gasteiger partial charge in [-0.15, -0.1) is 0 Å². The summed E-state index contributed by atoms with van der Waals surface area (Å²) in [4.78, 5) is 13.8. The van der Waals surface area contributed by atoms with Gasteiger partial charge in [-0.3, -0.25) is 4.79 Å². The summed E-state index contributed by atoms with van der Waals surface area (Å²) in [5, 5.41) is 4.57. The molecule has 4 nitrogen and oxygen atoms in total. The molecule has 2 aliphatic heterocycles. The number of allylic oxidation sites excluding steroid dienone is 1. The van der Waals surface area contributed by atoms with E-state index in [1.165, 1.54) is 45.1 Å². The van der Waals surface area contributed by atoms with E-state index in [-0.39, 0.29) is 28.9 Å². The molecule has 0 spiro atoms. The first kappa shape index (κ1) is 28.5. The van der Waals surface area contributed by atoms with Crippen LogP contribution >= 0.6 is 23.2 Å². The molecule has 0 bridgehead atoms. The van der Waals surface area contributed by atoms with Crippen molar-refractivity contribution in [1.82, 2.24) is 5.32 Å². The number of likely N-dealkylation sites (tertiary alicyclic amines) is 1. The van der Waals surface area contributed by atoms with E-state index in [1.54, 1.807) is 17.7 Å². The summed E-state index contributed by atoms with van der Waals surface area (Å²) in [5.41, 5.74) is 3.24. The molecule has 5 rings (SSSR count). The SMILES string of the molecule is CC[N+]1(CC2=CCCCCCC2)CCC(NC(=O)C2c3cc(Cl)ccc3Oc3ccc(Cl)cc32)CC1.[Br-]. The number of hydrogen-bond acceptors (Lipinski definition) is 2. The van der Waals surface area contributed by atoms with Crippen LogP contribution in [-0.2, 0) is 4.79 Å². The molecule has 1 aliphatic carbocycles. The van der Waals surface area contributed by atoms with Crippen molar-refractivity contribution in [3.63, 3.8) is 0 Å². The first-order valence-corrected chi connectivity index (χ1v) is 14.3. The summed E-state index contributed by atoms with van der Waals surface area (Å²) in [7, 11) is 0. The number of ether oxygens (including phenoxy) is 1. The monoisotopic (exact) mass is 606 g/mol. The van der Waals surface area contributed by atoms with E-state index < -0.39 is 5.92 Å². The summed E-state index contributed by atoms with van der Waals surface area (Å²) < 4.78 is 7.23. The van der Waals surface area contributed by atoms with Gasteiger partial charge < -0.3 is 31.5 Å². The Morgan fingerprint density at radius 2 is 1.59 bits per heavy atom. The quantitative estimate of drug-likeness (QED) is 0.398. The average Bonchev–Trinajstić information content (AvgIpc) is 2.85. The first-order chi connectivity index (χ1) is 17.5. The molecule has 7 heteroatoms. The molecule has 0 radical (unpaired) electrons. The number of carbonyl (C=O) groups is 1. The highest BCUT2D eigenvalue weighted by molar-refractivity contribution is 6.31. The van der Waals surface area contributed by atoms with Gasteiger partial charge in [-0.25, -0.2) is 0 Å². The third kappa shape index (κ3) is 6.55. The van der Waals surface area contributed by atoms with E-state index in [0.717, 1.165) is 48.1 Å². The molecule has 0 aromatic heterocycles. The van der Waals surface area contributed by atoms with Crippen LogP contribution in [0, 0.1) is 0 Å². The predicted molar refractivity (Wildman–Crippen MR) is 147 cm³/mol. The standard InChI is InChI=1S/C30H36Cl2N2O2.BrH/c1-2-34(20-21-8-6-4-3-5-7-9-21)16-14-24(15-17-34)33-30(35)29-25-18-22(31)10-12-27(25)36-28-13-11-23(32)19-26(28)29;/h8,10-13,18-19,24,29H,2-7,9,14-17,20H2,1H3;1H. The lowest BCUT2D eigenvalue weighted by molar-refractivity contribution is -0.927. The van der Waals surface area contributed by atoms with Crippen molar-refractivity contribution in [2.45, 2.75) is 70.3 Å². The predicted octanol–water partition coefficient (Wildman–Crippen LogP) is 4.63. The fourth-order valence-electron chi connectivity index (χ4n) is 6.21. The number of hydrogen-bond donors (Lipinski definition) is 1. The highest BCUT2D eigenvalue weighted by Gasteiger charge is 2.37. The van der Waals surface area contributed by atoms with Crippen molar-refractivity contribution in [3.05, 3.63) is 69.2 Å². The summed E-state index contributed by atoms with van der Waals surface area (Å²) >= 11 is 12.6. The number of fused-ring (bicyclic) bond motifs is 2. The Morgan fingerprint density at radius 1 is 0.973 bits per heavy atom. The number of benzene rings is 2. The summed E-state index contributed by atoms with van der Waals surface area (Å²) in [6, 6.07) is 11.1. The number of nitrogens with one attached hydrogen (secondary N) is 1. The van der Waals surface area contributed by atoms with Crippen LogP contribution in [-0.4, -0.2) is 42.6 Å². The van der Waals surface area contributed by atoms with Crippen LogP contribution in [0.2, 0.25) is 10.0 Å². The van der Waals surface area contributed by atoms with Crippen LogP contribution in [0.4, 0.5) is 0 Å². The van der Waals surface area contributed by atoms with Gasteiger partial charge in [-0.05, 0) is 74.6 Å². The summed E-state index contributed by atoms with van der Waals surface area (Å²) in [5.74, 6) is 0.849. The van der Waals surface area contributed by atoms with Gasteiger partial charge in [-0.1, -0.05) is 42.1 Å². The van der Waals surface area contributed by atoms with Crippen LogP contribution in [0.5, 0.6) is 11.5 Å². The Bertz CT molecular complexity index is 1090. The maximum atomic E-state index is 13.8. The van der Waals surface area contributed by atoms with Gasteiger partial charge >= 0.3 is 0 Å². The molecule has 0 saturated carbocycles. The molecule has 37 heavy (non-hydrogen) atoms. The number of carbonyl (C=O) groups excluding carboxylic acids is 1. The second kappa shape index (κ2) is 12.5. The number of piperidine rings is 1. The molecular weight excluding hydrogens is 571 g/mol. The Labute approximate surface area is 241 Å². The molecule has 0 atom stereocenters. The number of halogens is 3. The van der Waals surface area contributed by atoms with E-state index in [2.05, 4.69) is 18.3 Å². The zero-order valence-corrected chi connectivity index (χ0v) is 24.7. The lowest BCUT2D eigenvalue weighted by Gasteiger charge is -2.44. The van der Waals surface area contributed by atoms with Gasteiger partial charge in [0.25, 0.3) is 0 Å². The van der Waals surface area contributed by atoms with Gasteiger partial charge in [0.05, 0.1) is 25.6 Å². The van der Waals surface area contributed by atoms with E-state index >= 15 is 0 Å². The van der Waals surface area contributed by atoms with E-state index in [9.17, 15) is 4.79 Å². The minimum absolute atomic E-state index is 0. The van der Waals surface area contributed by atoms with Crippen molar-refractivity contribution in [2.24, 2.45) is 0 Å². The second-order valence-electron chi connectivity index (χ2n) is 10.8. The van der Waals surface area contributed by atoms with Gasteiger partial charge in [0.15, 0.2) is 0 Å². The molecule has 3 aliphatic rings. The Hall–Kier alpha value is -1.53. The first-order valence-electron chi connectivity index (χ1n) is 13.6. The lowest BCUT2D eigenvalue weighted by atomic mass is 9.86. The number of quaternary nitrogens is 1. The third-order valence-corrected chi connectivity index (χ3v) is 8.86. The van der Waals surface area contributed by atoms with Gasteiger partial charge in [-0.2, -0.15) is 0 Å². The molecule has 1 N–H and O–H groups in total.